The molecule has 0 unspecified atom stereocenters. The van der Waals surface area contributed by atoms with E-state index in [9.17, 15) is 4.79 Å². The first-order valence-corrected chi connectivity index (χ1v) is 9.87. The zero-order valence-corrected chi connectivity index (χ0v) is 15.0. The largest absolute Gasteiger partial charge is 0.333 e. The molecule has 0 heterocycles. The molecule has 1 aromatic rings. The predicted octanol–water partition coefficient (Wildman–Crippen LogP) is 2.82. The molecular weight excluding hydrogens is 296 g/mol. The molecule has 1 aromatic carbocycles. The molecule has 4 saturated carbocycles. The smallest absolute Gasteiger partial charge is 0.284 e. The lowest BCUT2D eigenvalue weighted by Gasteiger charge is -2.53. The maximum Gasteiger partial charge on any atom is 0.284 e. The van der Waals surface area contributed by atoms with Crippen molar-refractivity contribution in [3.63, 3.8) is 0 Å². The maximum absolute atomic E-state index is 13.0. The average molecular weight is 327 g/mol. The van der Waals surface area contributed by atoms with Crippen LogP contribution in [0.4, 0.5) is 5.69 Å². The third-order valence-electron chi connectivity index (χ3n) is 6.85. The average Bonchev–Trinajstić information content (AvgIpc) is 2.59. The Hall–Kier alpha value is -1.35. The van der Waals surface area contributed by atoms with Crippen molar-refractivity contribution < 1.29 is 10.1 Å². The van der Waals surface area contributed by atoms with Crippen LogP contribution in [0.25, 0.3) is 0 Å². The number of likely N-dealkylation sites (N-methyl/N-ethyl adjacent to an activating group) is 1. The van der Waals surface area contributed by atoms with Crippen molar-refractivity contribution in [3.8, 4) is 0 Å². The number of benzene rings is 1. The van der Waals surface area contributed by atoms with E-state index in [2.05, 4.69) is 19.2 Å². The van der Waals surface area contributed by atoms with Gasteiger partial charge >= 0.3 is 0 Å². The van der Waals surface area contributed by atoms with E-state index in [0.29, 0.717) is 6.04 Å². The van der Waals surface area contributed by atoms with Crippen molar-refractivity contribution in [3.05, 3.63) is 30.3 Å². The highest BCUT2D eigenvalue weighted by molar-refractivity contribution is 5.95. The molecule has 4 aliphatic carbocycles. The first-order valence-electron chi connectivity index (χ1n) is 9.87. The summed E-state index contributed by atoms with van der Waals surface area (Å²) >= 11 is 0. The minimum atomic E-state index is 0.0210. The number of nitrogens with zero attached hydrogens (tertiary/aromatic N) is 1. The van der Waals surface area contributed by atoms with E-state index in [1.807, 2.05) is 35.2 Å². The van der Waals surface area contributed by atoms with Crippen LogP contribution in [0.5, 0.6) is 0 Å². The number of carbonyl (C=O) groups is 1. The maximum atomic E-state index is 13.0. The number of amides is 1. The molecule has 1 amide bonds. The zero-order valence-electron chi connectivity index (χ0n) is 15.0. The Morgan fingerprint density at radius 2 is 1.67 bits per heavy atom. The fourth-order valence-corrected chi connectivity index (χ4v) is 6.02. The molecule has 0 aromatic heterocycles. The van der Waals surface area contributed by atoms with Gasteiger partial charge < -0.3 is 10.2 Å². The lowest BCUT2D eigenvalue weighted by Crippen LogP contribution is -3.00. The van der Waals surface area contributed by atoms with Crippen LogP contribution in [0.2, 0.25) is 0 Å². The molecule has 24 heavy (non-hydrogen) atoms. The fourth-order valence-electron chi connectivity index (χ4n) is 6.02. The first-order chi connectivity index (χ1) is 11.7. The van der Waals surface area contributed by atoms with Gasteiger partial charge in [0, 0.05) is 24.1 Å². The minimum Gasteiger partial charge on any atom is -0.333 e. The zero-order chi connectivity index (χ0) is 16.7. The summed E-state index contributed by atoms with van der Waals surface area (Å²) in [5.41, 5.74) is 1.02. The molecule has 4 bridgehead atoms. The lowest BCUT2D eigenvalue weighted by atomic mass is 9.54. The van der Waals surface area contributed by atoms with Crippen LogP contribution in [-0.2, 0) is 4.79 Å². The number of rotatable bonds is 5. The summed E-state index contributed by atoms with van der Waals surface area (Å²) in [7, 11) is 0. The van der Waals surface area contributed by atoms with Crippen molar-refractivity contribution in [2.45, 2.75) is 58.0 Å². The van der Waals surface area contributed by atoms with E-state index in [1.54, 1.807) is 0 Å². The first kappa shape index (κ1) is 16.1. The summed E-state index contributed by atoms with van der Waals surface area (Å²) in [4.78, 5) is 15.0. The van der Waals surface area contributed by atoms with Gasteiger partial charge in [-0.1, -0.05) is 18.2 Å². The monoisotopic (exact) mass is 327 g/mol. The molecule has 0 spiro atoms. The Balaban J connectivity index is 1.44. The van der Waals surface area contributed by atoms with Gasteiger partial charge in [-0.3, -0.25) is 4.79 Å². The third-order valence-corrected chi connectivity index (χ3v) is 6.85. The Bertz CT molecular complexity index is 557. The standard InChI is InChI=1S/C21H30N2O/c1-3-23(19-7-5-4-6-8-19)21(24)14(2)22-20-17-10-15-9-16(12-17)13-18(20)11-15/h4-8,14-18,20,22H,3,9-13H2,1-2H3/p+1/t14-,15?,16?,17?,18?,20?/m0/s1. The summed E-state index contributed by atoms with van der Waals surface area (Å²) in [6, 6.07) is 10.8. The van der Waals surface area contributed by atoms with E-state index >= 15 is 0 Å². The highest BCUT2D eigenvalue weighted by Gasteiger charge is 2.51. The number of anilines is 1. The van der Waals surface area contributed by atoms with Crippen molar-refractivity contribution in [2.24, 2.45) is 23.7 Å². The molecule has 3 nitrogen and oxygen atoms in total. The molecule has 130 valence electrons. The van der Waals surface area contributed by atoms with Gasteiger partial charge in [-0.2, -0.15) is 0 Å². The summed E-state index contributed by atoms with van der Waals surface area (Å²) in [6.07, 6.45) is 7.18. The van der Waals surface area contributed by atoms with E-state index in [4.69, 9.17) is 0 Å². The number of nitrogens with two attached hydrogens (primary N) is 1. The number of hydrogen-bond donors (Lipinski definition) is 1. The predicted molar refractivity (Wildman–Crippen MR) is 96.7 cm³/mol. The summed E-state index contributed by atoms with van der Waals surface area (Å²) < 4.78 is 0. The molecule has 2 N–H and O–H groups in total. The number of quaternary nitrogens is 1. The van der Waals surface area contributed by atoms with Crippen LogP contribution < -0.4 is 10.2 Å². The molecular formula is C21H31N2O+. The van der Waals surface area contributed by atoms with E-state index < -0.39 is 0 Å². The van der Waals surface area contributed by atoms with Crippen molar-refractivity contribution in [1.29, 1.82) is 0 Å². The second-order valence-corrected chi connectivity index (χ2v) is 8.41. The molecule has 0 aliphatic heterocycles. The van der Waals surface area contributed by atoms with Gasteiger partial charge in [0.1, 0.15) is 0 Å². The number of carbonyl (C=O) groups excluding carboxylic acids is 1. The van der Waals surface area contributed by atoms with Gasteiger partial charge in [-0.05, 0) is 69.9 Å². The van der Waals surface area contributed by atoms with Gasteiger partial charge in [0.25, 0.3) is 5.91 Å². The SMILES string of the molecule is CCN(C(=O)[C@H](C)[NH2+]C1C2CC3CC(C2)CC1C3)c1ccccc1. The van der Waals surface area contributed by atoms with Crippen molar-refractivity contribution >= 4 is 11.6 Å². The molecule has 4 fully saturated rings. The van der Waals surface area contributed by atoms with Gasteiger partial charge in [-0.15, -0.1) is 0 Å². The third kappa shape index (κ3) is 2.88. The molecule has 0 radical (unpaired) electrons. The van der Waals surface area contributed by atoms with Crippen LogP contribution >= 0.6 is 0 Å². The van der Waals surface area contributed by atoms with E-state index in [0.717, 1.165) is 35.9 Å². The molecule has 5 rings (SSSR count). The van der Waals surface area contributed by atoms with Crippen LogP contribution in [0, 0.1) is 23.7 Å². The Kier molecular flexibility index (Phi) is 4.38. The summed E-state index contributed by atoms with van der Waals surface area (Å²) in [5, 5.41) is 2.43. The molecule has 3 heteroatoms. The molecule has 1 atom stereocenters. The van der Waals surface area contributed by atoms with Gasteiger partial charge in [0.15, 0.2) is 6.04 Å². The lowest BCUT2D eigenvalue weighted by molar-refractivity contribution is -0.725. The normalized spacial score (nSPS) is 35.0. The van der Waals surface area contributed by atoms with E-state index in [-0.39, 0.29) is 11.9 Å². The Morgan fingerprint density at radius 1 is 1.08 bits per heavy atom. The molecule has 4 aliphatic rings. The van der Waals surface area contributed by atoms with Gasteiger partial charge in [0.05, 0.1) is 6.04 Å². The Morgan fingerprint density at radius 3 is 2.21 bits per heavy atom. The summed E-state index contributed by atoms with van der Waals surface area (Å²) in [6.45, 7) is 4.92. The van der Waals surface area contributed by atoms with Crippen LogP contribution in [0.1, 0.15) is 46.0 Å². The van der Waals surface area contributed by atoms with Crippen molar-refractivity contribution in [1.82, 2.24) is 0 Å². The second-order valence-electron chi connectivity index (χ2n) is 8.41. The van der Waals surface area contributed by atoms with Crippen LogP contribution in [0.3, 0.4) is 0 Å². The van der Waals surface area contributed by atoms with E-state index in [1.165, 1.54) is 32.1 Å². The number of para-hydroxylation sites is 1. The Labute approximate surface area is 145 Å². The fraction of sp³-hybridized carbons (Fsp3) is 0.667. The highest BCUT2D eigenvalue weighted by atomic mass is 16.2. The van der Waals surface area contributed by atoms with Crippen LogP contribution in [0.15, 0.2) is 30.3 Å². The number of hydrogen-bond acceptors (Lipinski definition) is 1. The quantitative estimate of drug-likeness (QED) is 0.887. The van der Waals surface area contributed by atoms with Crippen molar-refractivity contribution in [2.75, 3.05) is 11.4 Å². The summed E-state index contributed by atoms with van der Waals surface area (Å²) in [5.74, 6) is 3.99. The molecule has 0 saturated heterocycles. The van der Waals surface area contributed by atoms with Gasteiger partial charge in [-0.25, -0.2) is 0 Å². The minimum absolute atomic E-state index is 0.0210. The van der Waals surface area contributed by atoms with Gasteiger partial charge in [0.2, 0.25) is 0 Å². The van der Waals surface area contributed by atoms with Crippen LogP contribution in [-0.4, -0.2) is 24.5 Å². The second kappa shape index (κ2) is 6.51. The highest BCUT2D eigenvalue weighted by Crippen LogP contribution is 2.52. The topological polar surface area (TPSA) is 36.9 Å².